The van der Waals surface area contributed by atoms with Gasteiger partial charge in [-0.1, -0.05) is 0 Å². The molecule has 7 atom stereocenters. The zero-order valence-corrected chi connectivity index (χ0v) is 19.6. The lowest BCUT2D eigenvalue weighted by Crippen LogP contribution is -2.67. The number of carbonyl (C=O) groups excluding carboxylic acids is 4. The van der Waals surface area contributed by atoms with Gasteiger partial charge >= 0.3 is 5.69 Å². The van der Waals surface area contributed by atoms with Crippen LogP contribution in [0.4, 0.5) is 5.82 Å². The van der Waals surface area contributed by atoms with Gasteiger partial charge < -0.3 is 57.9 Å². The monoisotopic (exact) mass is 530 g/mol. The molecule has 0 aromatic carbocycles. The highest BCUT2D eigenvalue weighted by Crippen LogP contribution is 2.27. The van der Waals surface area contributed by atoms with E-state index in [9.17, 15) is 44.4 Å². The summed E-state index contributed by atoms with van der Waals surface area (Å²) in [7, 11) is 1.48. The lowest BCUT2D eigenvalue weighted by atomic mass is 9.94. The van der Waals surface area contributed by atoms with E-state index < -0.39 is 85.2 Å². The molecule has 2 heterocycles. The van der Waals surface area contributed by atoms with Gasteiger partial charge in [0.15, 0.2) is 12.3 Å². The van der Waals surface area contributed by atoms with E-state index in [1.54, 1.807) is 0 Å². The average molecular weight is 530 g/mol. The van der Waals surface area contributed by atoms with Crippen LogP contribution in [0.3, 0.4) is 0 Å². The number of rotatable bonds is 11. The summed E-state index contributed by atoms with van der Waals surface area (Å²) in [6.45, 7) is -1.96. The van der Waals surface area contributed by atoms with Crippen molar-refractivity contribution in [3.8, 4) is 0 Å². The lowest BCUT2D eigenvalue weighted by Gasteiger charge is -2.42. The fourth-order valence-electron chi connectivity index (χ4n) is 3.46. The molecule has 1 fully saturated rings. The molecular formula is C19H30N8O10. The molecule has 206 valence electrons. The molecule has 0 bridgehead atoms. The quantitative estimate of drug-likeness (QED) is 0.127. The van der Waals surface area contributed by atoms with Gasteiger partial charge in [-0.25, -0.2) is 4.79 Å². The Morgan fingerprint density at radius 2 is 1.73 bits per heavy atom. The first-order chi connectivity index (χ1) is 17.4. The highest BCUT2D eigenvalue weighted by atomic mass is 16.5. The predicted molar refractivity (Wildman–Crippen MR) is 122 cm³/mol. The van der Waals surface area contributed by atoms with Crippen molar-refractivity contribution in [2.45, 2.75) is 42.7 Å². The highest BCUT2D eigenvalue weighted by Gasteiger charge is 2.49. The molecule has 0 radical (unpaired) electrons. The highest BCUT2D eigenvalue weighted by molar-refractivity contribution is 5.93. The van der Waals surface area contributed by atoms with Gasteiger partial charge in [0, 0.05) is 6.20 Å². The van der Waals surface area contributed by atoms with Crippen molar-refractivity contribution in [1.82, 2.24) is 30.8 Å². The Bertz CT molecular complexity index is 1050. The first-order valence-electron chi connectivity index (χ1n) is 10.9. The fourth-order valence-corrected chi connectivity index (χ4v) is 3.46. The number of anilines is 1. The van der Waals surface area contributed by atoms with E-state index in [-0.39, 0.29) is 12.4 Å². The first-order valence-corrected chi connectivity index (χ1v) is 10.9. The Morgan fingerprint density at radius 1 is 1.11 bits per heavy atom. The van der Waals surface area contributed by atoms with Crippen LogP contribution >= 0.6 is 0 Å². The van der Waals surface area contributed by atoms with Gasteiger partial charge in [-0.05, 0) is 13.1 Å². The molecule has 18 nitrogen and oxygen atoms in total. The molecule has 4 amide bonds. The maximum atomic E-state index is 12.8. The zero-order chi connectivity index (χ0) is 27.9. The van der Waals surface area contributed by atoms with Crippen LogP contribution in [0.2, 0.25) is 0 Å². The van der Waals surface area contributed by atoms with Crippen LogP contribution in [0.25, 0.3) is 0 Å². The van der Waals surface area contributed by atoms with Gasteiger partial charge in [0.2, 0.25) is 23.6 Å². The molecule has 12 N–H and O–H groups in total. The Hall–Kier alpha value is -3.68. The van der Waals surface area contributed by atoms with Crippen LogP contribution in [0, 0.1) is 0 Å². The van der Waals surface area contributed by atoms with Gasteiger partial charge in [0.1, 0.15) is 30.1 Å². The van der Waals surface area contributed by atoms with Crippen LogP contribution in [0.1, 0.15) is 6.23 Å². The van der Waals surface area contributed by atoms with Crippen molar-refractivity contribution < 1.29 is 44.3 Å². The number of nitrogen functional groups attached to an aromatic ring is 1. The summed E-state index contributed by atoms with van der Waals surface area (Å²) in [5.74, 6) is -4.11. The predicted octanol–water partition coefficient (Wildman–Crippen LogP) is -7.41. The molecule has 0 unspecified atom stereocenters. The average Bonchev–Trinajstić information content (AvgIpc) is 2.84. The van der Waals surface area contributed by atoms with Gasteiger partial charge in [0.05, 0.1) is 25.8 Å². The topological polar surface area (TPSA) is 293 Å². The van der Waals surface area contributed by atoms with Crippen molar-refractivity contribution in [2.75, 3.05) is 32.5 Å². The van der Waals surface area contributed by atoms with Crippen LogP contribution in [-0.2, 0) is 23.9 Å². The number of nitrogens with zero attached hydrogens (tertiary/aromatic N) is 2. The molecule has 1 aromatic rings. The summed E-state index contributed by atoms with van der Waals surface area (Å²) in [5.41, 5.74) is 9.80. The summed E-state index contributed by atoms with van der Waals surface area (Å²) >= 11 is 0. The van der Waals surface area contributed by atoms with E-state index in [1.807, 2.05) is 0 Å². The zero-order valence-electron chi connectivity index (χ0n) is 19.6. The van der Waals surface area contributed by atoms with Crippen LogP contribution in [-0.4, -0.2) is 117 Å². The normalized spacial score (nSPS) is 24.9. The minimum absolute atomic E-state index is 0.134. The lowest BCUT2D eigenvalue weighted by molar-refractivity contribution is -0.212. The van der Waals surface area contributed by atoms with Gasteiger partial charge in [-0.3, -0.25) is 23.7 Å². The molecule has 1 saturated heterocycles. The Balaban J connectivity index is 2.18. The van der Waals surface area contributed by atoms with Gasteiger partial charge in [0.25, 0.3) is 0 Å². The summed E-state index contributed by atoms with van der Waals surface area (Å²) in [6, 6.07) is -3.61. The number of ether oxygens (including phenoxy) is 1. The van der Waals surface area contributed by atoms with Crippen molar-refractivity contribution in [2.24, 2.45) is 5.73 Å². The van der Waals surface area contributed by atoms with Crippen LogP contribution < -0.4 is 38.4 Å². The minimum Gasteiger partial charge on any atom is -0.394 e. The number of hydrogen-bond donors (Lipinski definition) is 10. The number of amides is 4. The molecule has 1 aliphatic rings. The summed E-state index contributed by atoms with van der Waals surface area (Å²) in [4.78, 5) is 64.5. The van der Waals surface area contributed by atoms with Crippen molar-refractivity contribution in [1.29, 1.82) is 0 Å². The molecule has 18 heteroatoms. The third-order valence-electron chi connectivity index (χ3n) is 5.32. The van der Waals surface area contributed by atoms with Crippen molar-refractivity contribution in [3.63, 3.8) is 0 Å². The Labute approximate surface area is 209 Å². The largest absolute Gasteiger partial charge is 0.394 e. The molecule has 1 aromatic heterocycles. The fraction of sp³-hybridized carbons (Fsp3) is 0.579. The molecule has 0 saturated carbocycles. The Morgan fingerprint density at radius 3 is 2.27 bits per heavy atom. The van der Waals surface area contributed by atoms with Crippen LogP contribution in [0.5, 0.6) is 0 Å². The summed E-state index contributed by atoms with van der Waals surface area (Å²) < 4.78 is 6.17. The maximum Gasteiger partial charge on any atom is 0.351 e. The second-order valence-electron chi connectivity index (χ2n) is 7.98. The number of hydrogen-bond acceptors (Lipinski definition) is 13. The standard InChI is InChI=1S/C19H30N8O10/c1-22-4-10(30)23-7(5-28)16(34)24-8(6-29)17(35)26-11-12(31)13(32)18(37-14(11)15(21)33)27-3-2-9(20)25-19(27)36/h2-3,7-8,11-14,18,22,28-29,31-32H,4-6H2,1H3,(H2,21,33)(H,23,30)(H,24,34)(H,26,35)(H2,20,25,36)/t7-,8-,11+,12-,13-,14-,18+/m0/s1. The second kappa shape index (κ2) is 13.0. The third-order valence-corrected chi connectivity index (χ3v) is 5.32. The van der Waals surface area contributed by atoms with E-state index in [1.165, 1.54) is 13.1 Å². The molecule has 0 aliphatic carbocycles. The van der Waals surface area contributed by atoms with Gasteiger partial charge in [-0.2, -0.15) is 4.98 Å². The smallest absolute Gasteiger partial charge is 0.351 e. The number of nitrogens with two attached hydrogens (primary N) is 2. The molecule has 37 heavy (non-hydrogen) atoms. The Kier molecular flexibility index (Phi) is 10.4. The summed E-state index contributed by atoms with van der Waals surface area (Å²) in [6.07, 6.45) is -6.12. The van der Waals surface area contributed by atoms with E-state index in [0.717, 1.165) is 10.8 Å². The number of aliphatic hydroxyl groups excluding tert-OH is 4. The molecule has 2 rings (SSSR count). The van der Waals surface area contributed by atoms with Crippen LogP contribution in [0.15, 0.2) is 17.1 Å². The SMILES string of the molecule is CNCC(=O)N[C@@H](CO)C(=O)N[C@@H](CO)C(=O)N[C@@H]1[C@H](O)[C@H](O)[C@H](n2ccc(N)nc2=O)O[C@@H]1C(N)=O. The van der Waals surface area contributed by atoms with Crippen molar-refractivity contribution >= 4 is 29.4 Å². The number of nitrogens with one attached hydrogen (secondary N) is 4. The molecular weight excluding hydrogens is 500 g/mol. The number of aromatic nitrogens is 2. The number of likely N-dealkylation sites (N-methyl/N-ethyl adjacent to an activating group) is 1. The van der Waals surface area contributed by atoms with E-state index in [4.69, 9.17) is 16.2 Å². The first kappa shape index (κ1) is 29.5. The third kappa shape index (κ3) is 7.18. The van der Waals surface area contributed by atoms with E-state index in [0.29, 0.717) is 0 Å². The minimum atomic E-state index is -1.93. The van der Waals surface area contributed by atoms with Gasteiger partial charge in [-0.15, -0.1) is 0 Å². The van der Waals surface area contributed by atoms with E-state index >= 15 is 0 Å². The maximum absolute atomic E-state index is 12.8. The number of aliphatic hydroxyl groups is 4. The molecule has 1 aliphatic heterocycles. The number of primary amides is 1. The van der Waals surface area contributed by atoms with E-state index in [2.05, 4.69) is 26.3 Å². The summed E-state index contributed by atoms with van der Waals surface area (Å²) in [5, 5.41) is 49.2. The second-order valence-corrected chi connectivity index (χ2v) is 7.98. The van der Waals surface area contributed by atoms with Crippen molar-refractivity contribution in [3.05, 3.63) is 22.7 Å². The molecule has 0 spiro atoms. The number of carbonyl (C=O) groups is 4.